The molecule has 1 aromatic rings. The summed E-state index contributed by atoms with van der Waals surface area (Å²) in [5.74, 6) is 0.684. The van der Waals surface area contributed by atoms with Gasteiger partial charge in [-0.05, 0) is 24.6 Å². The third-order valence-electron chi connectivity index (χ3n) is 1.74. The predicted molar refractivity (Wildman–Crippen MR) is 66.6 cm³/mol. The van der Waals surface area contributed by atoms with E-state index in [2.05, 4.69) is 0 Å². The zero-order valence-corrected chi connectivity index (χ0v) is 10.3. The first kappa shape index (κ1) is 12.2. The van der Waals surface area contributed by atoms with Gasteiger partial charge < -0.3 is 0 Å². The van der Waals surface area contributed by atoms with Gasteiger partial charge in [-0.1, -0.05) is 17.8 Å². The first-order valence-corrected chi connectivity index (χ1v) is 6.29. The maximum absolute atomic E-state index is 10.7. The Morgan fingerprint density at radius 1 is 1.60 bits per heavy atom. The van der Waals surface area contributed by atoms with Crippen molar-refractivity contribution in [2.75, 3.05) is 5.75 Å². The van der Waals surface area contributed by atoms with Crippen LogP contribution < -0.4 is 0 Å². The molecule has 0 aliphatic rings. The molecule has 0 aliphatic heterocycles. The van der Waals surface area contributed by atoms with Gasteiger partial charge in [0.25, 0.3) is 0 Å². The molecule has 0 bridgehead atoms. The molecule has 0 aliphatic carbocycles. The van der Waals surface area contributed by atoms with Crippen molar-refractivity contribution in [2.45, 2.75) is 13.8 Å². The molecule has 15 heavy (non-hydrogen) atoms. The molecule has 1 rings (SSSR count). The van der Waals surface area contributed by atoms with Gasteiger partial charge in [-0.25, -0.2) is 0 Å². The van der Waals surface area contributed by atoms with Crippen LogP contribution in [0.2, 0.25) is 0 Å². The van der Waals surface area contributed by atoms with Crippen molar-refractivity contribution in [3.05, 3.63) is 27.5 Å². The summed E-state index contributed by atoms with van der Waals surface area (Å²) < 4.78 is 0. The normalized spacial score (nSPS) is 10.8. The summed E-state index contributed by atoms with van der Waals surface area (Å²) in [4.78, 5) is 23.0. The maximum atomic E-state index is 10.7. The van der Waals surface area contributed by atoms with Gasteiger partial charge in [-0.15, -0.1) is 11.3 Å². The van der Waals surface area contributed by atoms with E-state index in [9.17, 15) is 9.59 Å². The highest BCUT2D eigenvalue weighted by Gasteiger charge is 2.01. The van der Waals surface area contributed by atoms with Crippen molar-refractivity contribution in [1.82, 2.24) is 0 Å². The summed E-state index contributed by atoms with van der Waals surface area (Å²) in [6.07, 6.45) is 4.77. The number of carbonyl (C=O) groups is 2. The summed E-state index contributed by atoms with van der Waals surface area (Å²) in [7, 11) is 0. The number of aldehydes is 1. The highest BCUT2D eigenvalue weighted by atomic mass is 32.2. The molecule has 0 atom stereocenters. The van der Waals surface area contributed by atoms with Crippen LogP contribution in [0, 0.1) is 6.92 Å². The second-order valence-corrected chi connectivity index (χ2v) is 5.33. The molecule has 0 spiro atoms. The van der Waals surface area contributed by atoms with Crippen molar-refractivity contribution in [3.63, 3.8) is 0 Å². The number of rotatable bonds is 4. The molecule has 0 saturated heterocycles. The van der Waals surface area contributed by atoms with E-state index in [1.54, 1.807) is 6.92 Å². The number of hydrogen-bond donors (Lipinski definition) is 0. The first-order valence-electron chi connectivity index (χ1n) is 4.49. The number of carbonyl (C=O) groups excluding carboxylic acids is 2. The van der Waals surface area contributed by atoms with Crippen molar-refractivity contribution in [2.24, 2.45) is 0 Å². The number of thioether (sulfide) groups is 1. The van der Waals surface area contributed by atoms with E-state index in [0.717, 1.165) is 21.6 Å². The van der Waals surface area contributed by atoms with Gasteiger partial charge in [-0.3, -0.25) is 9.59 Å². The standard InChI is InChI=1S/C11H12O2S2/c1-8-6-10(7-12)15-11(8)4-3-5-14-9(2)13/h3-4,6-7H,5H2,1-2H3. The van der Waals surface area contributed by atoms with Gasteiger partial charge in [0.05, 0.1) is 4.88 Å². The van der Waals surface area contributed by atoms with Crippen LogP contribution in [0.1, 0.15) is 27.0 Å². The lowest BCUT2D eigenvalue weighted by molar-refractivity contribution is -0.109. The average molecular weight is 240 g/mol. The fraction of sp³-hybridized carbons (Fsp3) is 0.273. The molecule has 0 unspecified atom stereocenters. The monoisotopic (exact) mass is 240 g/mol. The maximum Gasteiger partial charge on any atom is 0.186 e. The Hall–Kier alpha value is -0.870. The Kier molecular flexibility index (Phi) is 4.78. The van der Waals surface area contributed by atoms with Crippen LogP contribution in [-0.2, 0) is 4.79 Å². The Bertz CT molecular complexity index is 391. The van der Waals surface area contributed by atoms with E-state index in [1.165, 1.54) is 23.1 Å². The highest BCUT2D eigenvalue weighted by molar-refractivity contribution is 8.13. The fourth-order valence-corrected chi connectivity index (χ4v) is 2.41. The highest BCUT2D eigenvalue weighted by Crippen LogP contribution is 2.22. The zero-order valence-electron chi connectivity index (χ0n) is 8.65. The van der Waals surface area contributed by atoms with Gasteiger partial charge in [0.2, 0.25) is 0 Å². The first-order chi connectivity index (χ1) is 7.13. The molecule has 0 aromatic carbocycles. The summed E-state index contributed by atoms with van der Waals surface area (Å²) >= 11 is 2.75. The lowest BCUT2D eigenvalue weighted by atomic mass is 10.2. The van der Waals surface area contributed by atoms with Crippen LogP contribution >= 0.6 is 23.1 Å². The zero-order chi connectivity index (χ0) is 11.3. The van der Waals surface area contributed by atoms with Crippen molar-refractivity contribution in [1.29, 1.82) is 0 Å². The number of hydrogen-bond acceptors (Lipinski definition) is 4. The largest absolute Gasteiger partial charge is 0.297 e. The molecule has 0 N–H and O–H groups in total. The third-order valence-corrected chi connectivity index (χ3v) is 3.64. The van der Waals surface area contributed by atoms with Crippen LogP contribution in [0.15, 0.2) is 12.1 Å². The quantitative estimate of drug-likeness (QED) is 0.758. The fourth-order valence-electron chi connectivity index (χ4n) is 1.07. The predicted octanol–water partition coefficient (Wildman–Crippen LogP) is 3.16. The van der Waals surface area contributed by atoms with E-state index < -0.39 is 0 Å². The Morgan fingerprint density at radius 2 is 2.33 bits per heavy atom. The lowest BCUT2D eigenvalue weighted by Gasteiger charge is -1.90. The molecule has 0 fully saturated rings. The SMILES string of the molecule is CC(=O)SCC=Cc1sc(C=O)cc1C. The van der Waals surface area contributed by atoms with Crippen molar-refractivity contribution < 1.29 is 9.59 Å². The molecule has 80 valence electrons. The van der Waals surface area contributed by atoms with E-state index in [0.29, 0.717) is 5.75 Å². The molecule has 0 radical (unpaired) electrons. The van der Waals surface area contributed by atoms with Crippen LogP contribution in [0.3, 0.4) is 0 Å². The van der Waals surface area contributed by atoms with Crippen LogP contribution in [0.5, 0.6) is 0 Å². The Balaban J connectivity index is 2.59. The molecule has 1 aromatic heterocycles. The minimum atomic E-state index is 0.121. The summed E-state index contributed by atoms with van der Waals surface area (Å²) in [6.45, 7) is 3.53. The summed E-state index contributed by atoms with van der Waals surface area (Å²) in [5, 5.41) is 0.121. The molecule has 2 nitrogen and oxygen atoms in total. The average Bonchev–Trinajstić information content (AvgIpc) is 2.54. The minimum Gasteiger partial charge on any atom is -0.297 e. The van der Waals surface area contributed by atoms with Crippen LogP contribution in [-0.4, -0.2) is 17.2 Å². The smallest absolute Gasteiger partial charge is 0.186 e. The van der Waals surface area contributed by atoms with Crippen molar-refractivity contribution >= 4 is 40.6 Å². The van der Waals surface area contributed by atoms with Gasteiger partial charge >= 0.3 is 0 Å². The van der Waals surface area contributed by atoms with Gasteiger partial charge in [0, 0.05) is 17.6 Å². The molecule has 0 saturated carbocycles. The second-order valence-electron chi connectivity index (χ2n) is 3.02. The Labute approximate surface area is 97.4 Å². The third kappa shape index (κ3) is 4.01. The van der Waals surface area contributed by atoms with Crippen LogP contribution in [0.25, 0.3) is 6.08 Å². The van der Waals surface area contributed by atoms with Crippen molar-refractivity contribution in [3.8, 4) is 0 Å². The van der Waals surface area contributed by atoms with E-state index >= 15 is 0 Å². The minimum absolute atomic E-state index is 0.121. The molecule has 1 heterocycles. The van der Waals surface area contributed by atoms with E-state index in [1.807, 2.05) is 25.1 Å². The summed E-state index contributed by atoms with van der Waals surface area (Å²) in [5.41, 5.74) is 1.10. The molecule has 0 amide bonds. The lowest BCUT2D eigenvalue weighted by Crippen LogP contribution is -1.81. The van der Waals surface area contributed by atoms with Crippen LogP contribution in [0.4, 0.5) is 0 Å². The van der Waals surface area contributed by atoms with E-state index in [4.69, 9.17) is 0 Å². The topological polar surface area (TPSA) is 34.1 Å². The Morgan fingerprint density at radius 3 is 2.87 bits per heavy atom. The van der Waals surface area contributed by atoms with Gasteiger partial charge in [0.15, 0.2) is 11.4 Å². The number of thiophene rings is 1. The molecular formula is C11H12O2S2. The second kappa shape index (κ2) is 5.88. The molecule has 4 heteroatoms. The van der Waals surface area contributed by atoms with E-state index in [-0.39, 0.29) is 5.12 Å². The van der Waals surface area contributed by atoms with Gasteiger partial charge in [0.1, 0.15) is 0 Å². The molecular weight excluding hydrogens is 228 g/mol. The number of aryl methyl sites for hydroxylation is 1. The summed E-state index contributed by atoms with van der Waals surface area (Å²) in [6, 6.07) is 1.87. The van der Waals surface area contributed by atoms with Gasteiger partial charge in [-0.2, -0.15) is 0 Å².